The lowest BCUT2D eigenvalue weighted by atomic mass is 10.1. The summed E-state index contributed by atoms with van der Waals surface area (Å²) in [5.41, 5.74) is 3.44. The Balaban J connectivity index is 1.98. The molecule has 0 aromatic heterocycles. The maximum absolute atomic E-state index is 12.3. The van der Waals surface area contributed by atoms with Crippen LogP contribution >= 0.6 is 0 Å². The zero-order chi connectivity index (χ0) is 14.4. The Labute approximate surface area is 121 Å². The van der Waals surface area contributed by atoms with Gasteiger partial charge < -0.3 is 4.90 Å². The molecule has 0 radical (unpaired) electrons. The van der Waals surface area contributed by atoms with E-state index in [9.17, 15) is 4.79 Å². The number of hydrogen-bond donors (Lipinski definition) is 0. The van der Waals surface area contributed by atoms with Crippen LogP contribution in [-0.2, 0) is 11.2 Å². The standard InChI is InChI=1S/C18H21NO/c1-3-19(17-7-5-4-6-8-17)18(20)14-13-16-11-9-15(2)10-12-16/h4-12H,3,13-14H2,1-2H3. The van der Waals surface area contributed by atoms with Gasteiger partial charge in [-0.2, -0.15) is 0 Å². The molecule has 0 unspecified atom stereocenters. The predicted molar refractivity (Wildman–Crippen MR) is 84.0 cm³/mol. The molecule has 0 saturated carbocycles. The van der Waals surface area contributed by atoms with E-state index in [0.717, 1.165) is 12.1 Å². The van der Waals surface area contributed by atoms with Gasteiger partial charge in [-0.05, 0) is 38.0 Å². The molecule has 2 nitrogen and oxygen atoms in total. The molecule has 0 spiro atoms. The molecule has 0 bridgehead atoms. The Morgan fingerprint density at radius 1 is 1.00 bits per heavy atom. The third kappa shape index (κ3) is 3.70. The fraction of sp³-hybridized carbons (Fsp3) is 0.278. The fourth-order valence-corrected chi connectivity index (χ4v) is 2.25. The van der Waals surface area contributed by atoms with Crippen LogP contribution in [0.3, 0.4) is 0 Å². The summed E-state index contributed by atoms with van der Waals surface area (Å²) in [5.74, 6) is 0.180. The van der Waals surface area contributed by atoms with Crippen LogP contribution in [0.15, 0.2) is 54.6 Å². The zero-order valence-corrected chi connectivity index (χ0v) is 12.2. The Morgan fingerprint density at radius 3 is 2.25 bits per heavy atom. The third-order valence-electron chi connectivity index (χ3n) is 3.43. The number of amides is 1. The largest absolute Gasteiger partial charge is 0.313 e. The quantitative estimate of drug-likeness (QED) is 0.802. The number of carbonyl (C=O) groups is 1. The number of nitrogens with zero attached hydrogens (tertiary/aromatic N) is 1. The highest BCUT2D eigenvalue weighted by atomic mass is 16.2. The Morgan fingerprint density at radius 2 is 1.65 bits per heavy atom. The minimum Gasteiger partial charge on any atom is -0.313 e. The van der Waals surface area contributed by atoms with E-state index in [1.54, 1.807) is 0 Å². The van der Waals surface area contributed by atoms with Gasteiger partial charge in [-0.1, -0.05) is 48.0 Å². The van der Waals surface area contributed by atoms with E-state index < -0.39 is 0 Å². The van der Waals surface area contributed by atoms with E-state index in [2.05, 4.69) is 31.2 Å². The molecule has 0 atom stereocenters. The summed E-state index contributed by atoms with van der Waals surface area (Å²) in [5, 5.41) is 0. The van der Waals surface area contributed by atoms with Crippen molar-refractivity contribution < 1.29 is 4.79 Å². The molecule has 1 amide bonds. The Hall–Kier alpha value is -2.09. The molecule has 2 rings (SSSR count). The van der Waals surface area contributed by atoms with E-state index in [0.29, 0.717) is 13.0 Å². The van der Waals surface area contributed by atoms with Crippen molar-refractivity contribution in [2.45, 2.75) is 26.7 Å². The number of hydrogen-bond acceptors (Lipinski definition) is 1. The maximum atomic E-state index is 12.3. The van der Waals surface area contributed by atoms with Gasteiger partial charge in [0.25, 0.3) is 0 Å². The van der Waals surface area contributed by atoms with Gasteiger partial charge in [0.15, 0.2) is 0 Å². The summed E-state index contributed by atoms with van der Waals surface area (Å²) in [6.07, 6.45) is 1.34. The first-order valence-electron chi connectivity index (χ1n) is 7.11. The van der Waals surface area contributed by atoms with Crippen molar-refractivity contribution >= 4 is 11.6 Å². The summed E-state index contributed by atoms with van der Waals surface area (Å²) in [6, 6.07) is 18.2. The van der Waals surface area contributed by atoms with Crippen molar-refractivity contribution in [2.75, 3.05) is 11.4 Å². The highest BCUT2D eigenvalue weighted by Gasteiger charge is 2.13. The average Bonchev–Trinajstić information content (AvgIpc) is 2.48. The van der Waals surface area contributed by atoms with E-state index in [4.69, 9.17) is 0 Å². The molecular formula is C18H21NO. The monoisotopic (exact) mass is 267 g/mol. The second-order valence-electron chi connectivity index (χ2n) is 4.96. The predicted octanol–water partition coefficient (Wildman–Crippen LogP) is 3.98. The first-order chi connectivity index (χ1) is 9.70. The number of aryl methyl sites for hydroxylation is 2. The topological polar surface area (TPSA) is 20.3 Å². The molecule has 0 aliphatic rings. The molecule has 20 heavy (non-hydrogen) atoms. The van der Waals surface area contributed by atoms with E-state index in [-0.39, 0.29) is 5.91 Å². The molecule has 0 saturated heterocycles. The van der Waals surface area contributed by atoms with Gasteiger partial charge in [0, 0.05) is 18.7 Å². The number of para-hydroxylation sites is 1. The maximum Gasteiger partial charge on any atom is 0.227 e. The first kappa shape index (κ1) is 14.3. The molecular weight excluding hydrogens is 246 g/mol. The van der Waals surface area contributed by atoms with Crippen molar-refractivity contribution in [1.82, 2.24) is 0 Å². The van der Waals surface area contributed by atoms with Crippen LogP contribution in [0.5, 0.6) is 0 Å². The van der Waals surface area contributed by atoms with Crippen LogP contribution in [0, 0.1) is 6.92 Å². The van der Waals surface area contributed by atoms with Gasteiger partial charge in [-0.3, -0.25) is 4.79 Å². The van der Waals surface area contributed by atoms with Crippen LogP contribution in [0.4, 0.5) is 5.69 Å². The molecule has 0 N–H and O–H groups in total. The number of carbonyl (C=O) groups excluding carboxylic acids is 1. The van der Waals surface area contributed by atoms with Gasteiger partial charge >= 0.3 is 0 Å². The average molecular weight is 267 g/mol. The number of rotatable bonds is 5. The number of anilines is 1. The molecule has 2 aromatic carbocycles. The SMILES string of the molecule is CCN(C(=O)CCc1ccc(C)cc1)c1ccccc1. The van der Waals surface area contributed by atoms with Crippen molar-refractivity contribution in [3.8, 4) is 0 Å². The van der Waals surface area contributed by atoms with Gasteiger partial charge in [-0.25, -0.2) is 0 Å². The smallest absolute Gasteiger partial charge is 0.227 e. The van der Waals surface area contributed by atoms with Crippen LogP contribution in [-0.4, -0.2) is 12.5 Å². The first-order valence-corrected chi connectivity index (χ1v) is 7.11. The second-order valence-corrected chi connectivity index (χ2v) is 4.96. The van der Waals surface area contributed by atoms with Crippen LogP contribution in [0.25, 0.3) is 0 Å². The minimum absolute atomic E-state index is 0.180. The molecule has 0 aliphatic carbocycles. The lowest BCUT2D eigenvalue weighted by Crippen LogP contribution is -2.30. The zero-order valence-electron chi connectivity index (χ0n) is 12.2. The van der Waals surface area contributed by atoms with Gasteiger partial charge in [-0.15, -0.1) is 0 Å². The van der Waals surface area contributed by atoms with Crippen molar-refractivity contribution in [3.05, 3.63) is 65.7 Å². The molecule has 0 fully saturated rings. The lowest BCUT2D eigenvalue weighted by molar-refractivity contribution is -0.118. The van der Waals surface area contributed by atoms with E-state index >= 15 is 0 Å². The van der Waals surface area contributed by atoms with Crippen LogP contribution in [0.1, 0.15) is 24.5 Å². The Kier molecular flexibility index (Phi) is 4.94. The Bertz CT molecular complexity index is 545. The minimum atomic E-state index is 0.180. The molecule has 0 heterocycles. The molecule has 104 valence electrons. The van der Waals surface area contributed by atoms with E-state index in [1.807, 2.05) is 42.2 Å². The molecule has 2 heteroatoms. The summed E-state index contributed by atoms with van der Waals surface area (Å²) in [6.45, 7) is 4.79. The summed E-state index contributed by atoms with van der Waals surface area (Å²) < 4.78 is 0. The van der Waals surface area contributed by atoms with Gasteiger partial charge in [0.2, 0.25) is 5.91 Å². The fourth-order valence-electron chi connectivity index (χ4n) is 2.25. The lowest BCUT2D eigenvalue weighted by Gasteiger charge is -2.21. The number of benzene rings is 2. The van der Waals surface area contributed by atoms with Crippen molar-refractivity contribution in [3.63, 3.8) is 0 Å². The summed E-state index contributed by atoms with van der Waals surface area (Å²) in [4.78, 5) is 14.2. The highest BCUT2D eigenvalue weighted by Crippen LogP contribution is 2.15. The second kappa shape index (κ2) is 6.90. The summed E-state index contributed by atoms with van der Waals surface area (Å²) in [7, 11) is 0. The third-order valence-corrected chi connectivity index (χ3v) is 3.43. The van der Waals surface area contributed by atoms with Gasteiger partial charge in [0.05, 0.1) is 0 Å². The normalized spacial score (nSPS) is 10.3. The van der Waals surface area contributed by atoms with E-state index in [1.165, 1.54) is 11.1 Å². The molecule has 2 aromatic rings. The van der Waals surface area contributed by atoms with Crippen LogP contribution < -0.4 is 4.90 Å². The van der Waals surface area contributed by atoms with Crippen LogP contribution in [0.2, 0.25) is 0 Å². The summed E-state index contributed by atoms with van der Waals surface area (Å²) >= 11 is 0. The van der Waals surface area contributed by atoms with Gasteiger partial charge in [0.1, 0.15) is 0 Å². The van der Waals surface area contributed by atoms with Crippen molar-refractivity contribution in [2.24, 2.45) is 0 Å². The van der Waals surface area contributed by atoms with Crippen molar-refractivity contribution in [1.29, 1.82) is 0 Å². The molecule has 0 aliphatic heterocycles. The highest BCUT2D eigenvalue weighted by molar-refractivity contribution is 5.93.